The molecule has 2 heterocycles. The average molecular weight is 345 g/mol. The number of nitrogens with zero attached hydrogens (tertiary/aromatic N) is 2. The summed E-state index contributed by atoms with van der Waals surface area (Å²) in [6.07, 6.45) is 6.04. The van der Waals surface area contributed by atoms with Crippen LogP contribution in [0.5, 0.6) is 0 Å². The van der Waals surface area contributed by atoms with Crippen LogP contribution in [0.3, 0.4) is 0 Å². The SMILES string of the molecule is O=C(NCC1(c2cccc(Cl)c2)CCC1)N1CCc2[nH]ncc2C1. The minimum absolute atomic E-state index is 0.00940. The maximum Gasteiger partial charge on any atom is 0.317 e. The fourth-order valence-electron chi connectivity index (χ4n) is 3.74. The van der Waals surface area contributed by atoms with Gasteiger partial charge >= 0.3 is 6.03 Å². The lowest BCUT2D eigenvalue weighted by atomic mass is 9.64. The van der Waals surface area contributed by atoms with Crippen molar-refractivity contribution in [1.29, 1.82) is 0 Å². The van der Waals surface area contributed by atoms with E-state index < -0.39 is 0 Å². The lowest BCUT2D eigenvalue weighted by Gasteiger charge is -2.43. The van der Waals surface area contributed by atoms with Gasteiger partial charge in [-0.1, -0.05) is 30.2 Å². The molecule has 1 aliphatic heterocycles. The van der Waals surface area contributed by atoms with Gasteiger partial charge in [-0.3, -0.25) is 5.10 Å². The summed E-state index contributed by atoms with van der Waals surface area (Å²) < 4.78 is 0. The summed E-state index contributed by atoms with van der Waals surface area (Å²) >= 11 is 6.15. The first-order chi connectivity index (χ1) is 11.7. The molecule has 0 saturated heterocycles. The molecule has 1 saturated carbocycles. The maximum atomic E-state index is 12.6. The van der Waals surface area contributed by atoms with Gasteiger partial charge in [-0.15, -0.1) is 0 Å². The minimum atomic E-state index is 0.00940. The Balaban J connectivity index is 1.41. The Bertz CT molecular complexity index is 753. The highest BCUT2D eigenvalue weighted by Crippen LogP contribution is 2.43. The molecule has 0 atom stereocenters. The van der Waals surface area contributed by atoms with E-state index in [1.807, 2.05) is 29.3 Å². The molecule has 2 amide bonds. The summed E-state index contributed by atoms with van der Waals surface area (Å²) in [4.78, 5) is 14.4. The second-order valence-electron chi connectivity index (χ2n) is 6.85. The smallest absolute Gasteiger partial charge is 0.317 e. The van der Waals surface area contributed by atoms with Crippen molar-refractivity contribution in [3.05, 3.63) is 52.3 Å². The van der Waals surface area contributed by atoms with E-state index in [0.29, 0.717) is 13.1 Å². The number of amides is 2. The zero-order valence-corrected chi connectivity index (χ0v) is 14.3. The molecule has 2 N–H and O–H groups in total. The number of aromatic nitrogens is 2. The monoisotopic (exact) mass is 344 g/mol. The van der Waals surface area contributed by atoms with Crippen LogP contribution in [-0.4, -0.2) is 34.2 Å². The van der Waals surface area contributed by atoms with Gasteiger partial charge in [0.05, 0.1) is 12.7 Å². The van der Waals surface area contributed by atoms with E-state index in [2.05, 4.69) is 21.6 Å². The molecule has 1 aromatic carbocycles. The number of benzene rings is 1. The van der Waals surface area contributed by atoms with Crippen molar-refractivity contribution in [2.24, 2.45) is 0 Å². The summed E-state index contributed by atoms with van der Waals surface area (Å²) in [5.74, 6) is 0. The summed E-state index contributed by atoms with van der Waals surface area (Å²) in [5, 5.41) is 11.0. The molecule has 4 rings (SSSR count). The Hall–Kier alpha value is -2.01. The summed E-state index contributed by atoms with van der Waals surface area (Å²) in [7, 11) is 0. The van der Waals surface area contributed by atoms with Crippen molar-refractivity contribution in [2.45, 2.75) is 37.6 Å². The largest absolute Gasteiger partial charge is 0.337 e. The van der Waals surface area contributed by atoms with Gasteiger partial charge in [0.25, 0.3) is 0 Å². The van der Waals surface area contributed by atoms with E-state index in [0.717, 1.165) is 42.1 Å². The first kappa shape index (κ1) is 15.5. The van der Waals surface area contributed by atoms with Crippen LogP contribution in [0, 0.1) is 0 Å². The fraction of sp³-hybridized carbons (Fsp3) is 0.444. The number of carbonyl (C=O) groups is 1. The number of hydrogen-bond donors (Lipinski definition) is 2. The molecule has 1 aliphatic carbocycles. The first-order valence-electron chi connectivity index (χ1n) is 8.46. The van der Waals surface area contributed by atoms with Crippen LogP contribution in [0.25, 0.3) is 0 Å². The van der Waals surface area contributed by atoms with Crippen molar-refractivity contribution in [2.75, 3.05) is 13.1 Å². The third kappa shape index (κ3) is 2.77. The molecule has 1 aromatic heterocycles. The molecule has 0 spiro atoms. The van der Waals surface area contributed by atoms with Crippen LogP contribution in [-0.2, 0) is 18.4 Å². The van der Waals surface area contributed by atoms with Crippen LogP contribution in [0.1, 0.15) is 36.1 Å². The van der Waals surface area contributed by atoms with Gasteiger partial charge in [-0.05, 0) is 30.5 Å². The second-order valence-corrected chi connectivity index (χ2v) is 7.28. The van der Waals surface area contributed by atoms with Gasteiger partial charge in [0.1, 0.15) is 0 Å². The molecule has 126 valence electrons. The lowest BCUT2D eigenvalue weighted by Crippen LogP contribution is -2.50. The third-order valence-electron chi connectivity index (χ3n) is 5.41. The van der Waals surface area contributed by atoms with E-state index in [9.17, 15) is 4.79 Å². The van der Waals surface area contributed by atoms with Crippen LogP contribution in [0.4, 0.5) is 4.79 Å². The number of nitrogens with one attached hydrogen (secondary N) is 2. The number of H-pyrrole nitrogens is 1. The predicted octanol–water partition coefficient (Wildman–Crippen LogP) is 3.25. The van der Waals surface area contributed by atoms with E-state index in [-0.39, 0.29) is 11.4 Å². The molecule has 1 fully saturated rings. The molecular weight excluding hydrogens is 324 g/mol. The number of aromatic amines is 1. The van der Waals surface area contributed by atoms with Crippen molar-refractivity contribution in [3.63, 3.8) is 0 Å². The van der Waals surface area contributed by atoms with E-state index in [4.69, 9.17) is 11.6 Å². The van der Waals surface area contributed by atoms with Gasteiger partial charge in [-0.25, -0.2) is 4.79 Å². The van der Waals surface area contributed by atoms with Crippen LogP contribution >= 0.6 is 11.6 Å². The third-order valence-corrected chi connectivity index (χ3v) is 5.65. The quantitative estimate of drug-likeness (QED) is 0.897. The van der Waals surface area contributed by atoms with Crippen molar-refractivity contribution >= 4 is 17.6 Å². The first-order valence-corrected chi connectivity index (χ1v) is 8.84. The Morgan fingerprint density at radius 3 is 3.04 bits per heavy atom. The van der Waals surface area contributed by atoms with E-state index in [1.165, 1.54) is 12.0 Å². The van der Waals surface area contributed by atoms with E-state index in [1.54, 1.807) is 0 Å². The average Bonchev–Trinajstić information content (AvgIpc) is 3.01. The molecule has 24 heavy (non-hydrogen) atoms. The van der Waals surface area contributed by atoms with Crippen LogP contribution in [0.2, 0.25) is 5.02 Å². The minimum Gasteiger partial charge on any atom is -0.337 e. The Morgan fingerprint density at radius 1 is 1.42 bits per heavy atom. The number of carbonyl (C=O) groups excluding carboxylic acids is 1. The number of urea groups is 1. The highest BCUT2D eigenvalue weighted by molar-refractivity contribution is 6.30. The number of rotatable bonds is 3. The molecule has 0 radical (unpaired) electrons. The number of fused-ring (bicyclic) bond motifs is 1. The molecule has 2 aliphatic rings. The highest BCUT2D eigenvalue weighted by atomic mass is 35.5. The lowest BCUT2D eigenvalue weighted by molar-refractivity contribution is 0.178. The molecule has 0 bridgehead atoms. The van der Waals surface area contributed by atoms with Gasteiger partial charge in [0, 0.05) is 41.2 Å². The Morgan fingerprint density at radius 2 is 2.29 bits per heavy atom. The van der Waals surface area contributed by atoms with E-state index >= 15 is 0 Å². The number of halogens is 1. The van der Waals surface area contributed by atoms with Crippen molar-refractivity contribution in [3.8, 4) is 0 Å². The summed E-state index contributed by atoms with van der Waals surface area (Å²) in [6.45, 7) is 2.02. The summed E-state index contributed by atoms with van der Waals surface area (Å²) in [6, 6.07) is 8.05. The van der Waals surface area contributed by atoms with Gasteiger partial charge < -0.3 is 10.2 Å². The van der Waals surface area contributed by atoms with Crippen molar-refractivity contribution < 1.29 is 4.79 Å². The molecule has 5 nitrogen and oxygen atoms in total. The molecule has 6 heteroatoms. The highest BCUT2D eigenvalue weighted by Gasteiger charge is 2.39. The normalized spacial score (nSPS) is 18.6. The second kappa shape index (κ2) is 6.13. The van der Waals surface area contributed by atoms with Gasteiger partial charge in [0.2, 0.25) is 0 Å². The summed E-state index contributed by atoms with van der Waals surface area (Å²) in [5.41, 5.74) is 3.53. The Kier molecular flexibility index (Phi) is 3.96. The molecular formula is C18H21ClN4O. The fourth-order valence-corrected chi connectivity index (χ4v) is 3.93. The topological polar surface area (TPSA) is 61.0 Å². The predicted molar refractivity (Wildman–Crippen MR) is 93.1 cm³/mol. The molecule has 2 aromatic rings. The number of hydrogen-bond acceptors (Lipinski definition) is 2. The zero-order valence-electron chi connectivity index (χ0n) is 13.5. The standard InChI is InChI=1S/C18H21ClN4O/c19-15-4-1-3-14(9-15)18(6-2-7-18)12-20-17(24)23-8-5-16-13(11-23)10-21-22-16/h1,3-4,9-10H,2,5-8,11-12H2,(H,20,24)(H,21,22). The van der Waals surface area contributed by atoms with Crippen LogP contribution in [0.15, 0.2) is 30.5 Å². The Labute approximate surface area is 146 Å². The van der Waals surface area contributed by atoms with Gasteiger partial charge in [-0.2, -0.15) is 5.10 Å². The zero-order chi connectivity index (χ0) is 16.6. The van der Waals surface area contributed by atoms with Crippen molar-refractivity contribution in [1.82, 2.24) is 20.4 Å². The molecule has 0 unspecified atom stereocenters. The maximum absolute atomic E-state index is 12.6. The van der Waals surface area contributed by atoms with Crippen LogP contribution < -0.4 is 5.32 Å². The van der Waals surface area contributed by atoms with Gasteiger partial charge in [0.15, 0.2) is 0 Å².